The Kier molecular flexibility index (Phi) is 5.65. The number of nitrogens with zero attached hydrogens (tertiary/aromatic N) is 1. The highest BCUT2D eigenvalue weighted by Gasteiger charge is 2.28. The monoisotopic (exact) mass is 214 g/mol. The van der Waals surface area contributed by atoms with E-state index in [-0.39, 0.29) is 12.0 Å². The summed E-state index contributed by atoms with van der Waals surface area (Å²) >= 11 is 0. The lowest BCUT2D eigenvalue weighted by atomic mass is 10.2. The van der Waals surface area contributed by atoms with Gasteiger partial charge in [0.15, 0.2) is 0 Å². The van der Waals surface area contributed by atoms with Crippen LogP contribution in [0.1, 0.15) is 26.7 Å². The minimum Gasteiger partial charge on any atom is -0.464 e. The molecule has 0 aromatic carbocycles. The second-order valence-electron chi connectivity index (χ2n) is 3.87. The summed E-state index contributed by atoms with van der Waals surface area (Å²) in [7, 11) is 0. The second kappa shape index (κ2) is 6.80. The molecule has 1 fully saturated rings. The molecule has 0 radical (unpaired) electrons. The van der Waals surface area contributed by atoms with Gasteiger partial charge in [-0.2, -0.15) is 0 Å². The quantitative estimate of drug-likeness (QED) is 0.538. The molecule has 15 heavy (non-hydrogen) atoms. The van der Waals surface area contributed by atoms with E-state index in [0.29, 0.717) is 6.61 Å². The van der Waals surface area contributed by atoms with E-state index in [4.69, 9.17) is 4.74 Å². The fraction of sp³-hybridized carbons (Fsp3) is 0.909. The van der Waals surface area contributed by atoms with E-state index in [0.717, 1.165) is 39.0 Å². The van der Waals surface area contributed by atoms with Gasteiger partial charge in [-0.05, 0) is 13.0 Å². The largest absolute Gasteiger partial charge is 0.464 e. The number of hydrogen-bond acceptors (Lipinski definition) is 4. The van der Waals surface area contributed by atoms with Crippen LogP contribution >= 0.6 is 0 Å². The third kappa shape index (κ3) is 3.80. The van der Waals surface area contributed by atoms with Gasteiger partial charge in [0.2, 0.25) is 0 Å². The van der Waals surface area contributed by atoms with E-state index in [1.165, 1.54) is 0 Å². The molecule has 1 aliphatic rings. The molecule has 1 atom stereocenters. The number of carbonyl (C=O) groups excluding carboxylic acids is 1. The van der Waals surface area contributed by atoms with Crippen molar-refractivity contribution >= 4 is 5.97 Å². The number of nitrogens with one attached hydrogen (secondary N) is 1. The molecular formula is C11H22N2O2. The summed E-state index contributed by atoms with van der Waals surface area (Å²) in [5.74, 6) is -0.0718. The van der Waals surface area contributed by atoms with E-state index in [9.17, 15) is 4.79 Å². The first-order valence-corrected chi connectivity index (χ1v) is 5.91. The average Bonchev–Trinajstić information content (AvgIpc) is 2.29. The zero-order valence-electron chi connectivity index (χ0n) is 9.79. The van der Waals surface area contributed by atoms with Gasteiger partial charge >= 0.3 is 5.97 Å². The molecule has 1 unspecified atom stereocenters. The highest BCUT2D eigenvalue weighted by atomic mass is 16.5. The Hall–Kier alpha value is -0.610. The van der Waals surface area contributed by atoms with E-state index in [1.807, 2.05) is 0 Å². The predicted molar refractivity (Wildman–Crippen MR) is 59.8 cm³/mol. The van der Waals surface area contributed by atoms with E-state index >= 15 is 0 Å². The van der Waals surface area contributed by atoms with Crippen LogP contribution in [-0.4, -0.2) is 49.7 Å². The first kappa shape index (κ1) is 12.5. The molecular weight excluding hydrogens is 192 g/mol. The third-order valence-electron chi connectivity index (χ3n) is 2.77. The third-order valence-corrected chi connectivity index (χ3v) is 2.77. The molecule has 4 heteroatoms. The van der Waals surface area contributed by atoms with Crippen LogP contribution in [0, 0.1) is 0 Å². The molecule has 0 aromatic rings. The van der Waals surface area contributed by atoms with E-state index in [2.05, 4.69) is 24.1 Å². The van der Waals surface area contributed by atoms with Crippen molar-refractivity contribution in [2.45, 2.75) is 32.7 Å². The van der Waals surface area contributed by atoms with Gasteiger partial charge < -0.3 is 10.1 Å². The van der Waals surface area contributed by atoms with Gasteiger partial charge in [-0.3, -0.25) is 9.69 Å². The summed E-state index contributed by atoms with van der Waals surface area (Å²) in [4.78, 5) is 13.9. The number of hydrogen-bond donors (Lipinski definition) is 1. The van der Waals surface area contributed by atoms with Crippen LogP contribution < -0.4 is 5.32 Å². The molecule has 0 amide bonds. The number of likely N-dealkylation sites (N-methyl/N-ethyl adjacent to an activating group) is 1. The fourth-order valence-corrected chi connectivity index (χ4v) is 1.77. The maximum Gasteiger partial charge on any atom is 0.324 e. The van der Waals surface area contributed by atoms with E-state index < -0.39 is 0 Å². The summed E-state index contributed by atoms with van der Waals surface area (Å²) in [5, 5.41) is 3.23. The number of carbonyl (C=O) groups is 1. The van der Waals surface area contributed by atoms with Gasteiger partial charge in [-0.15, -0.1) is 0 Å². The molecule has 1 saturated heterocycles. The SMILES string of the molecule is CCCCOC(=O)C1CNCCN1CC. The lowest BCUT2D eigenvalue weighted by Gasteiger charge is -2.33. The molecule has 0 saturated carbocycles. The van der Waals surface area contributed by atoms with Crippen molar-refractivity contribution in [2.75, 3.05) is 32.8 Å². The van der Waals surface area contributed by atoms with Gasteiger partial charge in [-0.25, -0.2) is 0 Å². The highest BCUT2D eigenvalue weighted by Crippen LogP contribution is 2.05. The number of ether oxygens (including phenoxy) is 1. The average molecular weight is 214 g/mol. The number of unbranched alkanes of at least 4 members (excludes halogenated alkanes) is 1. The normalized spacial score (nSPS) is 22.7. The molecule has 1 rings (SSSR count). The molecule has 1 heterocycles. The van der Waals surface area contributed by atoms with E-state index in [1.54, 1.807) is 0 Å². The topological polar surface area (TPSA) is 41.6 Å². The minimum atomic E-state index is -0.0828. The van der Waals surface area contributed by atoms with Crippen LogP contribution in [0.5, 0.6) is 0 Å². The van der Waals surface area contributed by atoms with Crippen molar-refractivity contribution in [2.24, 2.45) is 0 Å². The van der Waals surface area contributed by atoms with Crippen LogP contribution in [0.3, 0.4) is 0 Å². The van der Waals surface area contributed by atoms with Crippen molar-refractivity contribution in [3.8, 4) is 0 Å². The summed E-state index contributed by atoms with van der Waals surface area (Å²) in [6, 6.07) is -0.0828. The smallest absolute Gasteiger partial charge is 0.324 e. The van der Waals surface area contributed by atoms with Crippen LogP contribution in [-0.2, 0) is 9.53 Å². The molecule has 4 nitrogen and oxygen atoms in total. The summed E-state index contributed by atoms with van der Waals surface area (Å²) in [5.41, 5.74) is 0. The number of piperazine rings is 1. The standard InChI is InChI=1S/C11H22N2O2/c1-3-5-8-15-11(14)10-9-12-6-7-13(10)4-2/h10,12H,3-9H2,1-2H3. The van der Waals surface area contributed by atoms with Gasteiger partial charge in [0.25, 0.3) is 0 Å². The Morgan fingerprint density at radius 1 is 1.53 bits per heavy atom. The predicted octanol–water partition coefficient (Wildman–Crippen LogP) is 0.623. The van der Waals surface area contributed by atoms with Crippen molar-refractivity contribution < 1.29 is 9.53 Å². The Bertz CT molecular complexity index is 197. The molecule has 1 N–H and O–H groups in total. The molecule has 0 aliphatic carbocycles. The van der Waals surface area contributed by atoms with Gasteiger partial charge in [-0.1, -0.05) is 20.3 Å². The second-order valence-corrected chi connectivity index (χ2v) is 3.87. The lowest BCUT2D eigenvalue weighted by molar-refractivity contribution is -0.150. The van der Waals surface area contributed by atoms with Crippen molar-refractivity contribution in [1.82, 2.24) is 10.2 Å². The Labute approximate surface area is 92.0 Å². The van der Waals surface area contributed by atoms with Crippen molar-refractivity contribution in [3.05, 3.63) is 0 Å². The molecule has 0 spiro atoms. The summed E-state index contributed by atoms with van der Waals surface area (Å²) < 4.78 is 5.23. The minimum absolute atomic E-state index is 0.0718. The lowest BCUT2D eigenvalue weighted by Crippen LogP contribution is -2.55. The first-order valence-electron chi connectivity index (χ1n) is 5.91. The molecule has 1 aliphatic heterocycles. The highest BCUT2D eigenvalue weighted by molar-refractivity contribution is 5.76. The Morgan fingerprint density at radius 2 is 2.33 bits per heavy atom. The van der Waals surface area contributed by atoms with Crippen LogP contribution in [0.25, 0.3) is 0 Å². The maximum absolute atomic E-state index is 11.7. The zero-order chi connectivity index (χ0) is 11.1. The first-order chi connectivity index (χ1) is 7.29. The zero-order valence-corrected chi connectivity index (χ0v) is 9.79. The van der Waals surface area contributed by atoms with Crippen molar-refractivity contribution in [1.29, 1.82) is 0 Å². The summed E-state index contributed by atoms with van der Waals surface area (Å²) in [6.07, 6.45) is 2.02. The summed E-state index contributed by atoms with van der Waals surface area (Å²) in [6.45, 7) is 8.26. The van der Waals surface area contributed by atoms with Crippen LogP contribution in [0.2, 0.25) is 0 Å². The van der Waals surface area contributed by atoms with Crippen LogP contribution in [0.4, 0.5) is 0 Å². The molecule has 88 valence electrons. The Balaban J connectivity index is 2.34. The number of esters is 1. The van der Waals surface area contributed by atoms with Crippen LogP contribution in [0.15, 0.2) is 0 Å². The molecule has 0 bridgehead atoms. The molecule has 0 aromatic heterocycles. The van der Waals surface area contributed by atoms with Crippen molar-refractivity contribution in [3.63, 3.8) is 0 Å². The van der Waals surface area contributed by atoms with Gasteiger partial charge in [0.05, 0.1) is 6.61 Å². The van der Waals surface area contributed by atoms with Gasteiger partial charge in [0, 0.05) is 19.6 Å². The van der Waals surface area contributed by atoms with Gasteiger partial charge in [0.1, 0.15) is 6.04 Å². The fourth-order valence-electron chi connectivity index (χ4n) is 1.77. The Morgan fingerprint density at radius 3 is 3.00 bits per heavy atom. The maximum atomic E-state index is 11.7. The number of rotatable bonds is 5.